The summed E-state index contributed by atoms with van der Waals surface area (Å²) in [5.74, 6) is 2.69. The van der Waals surface area contributed by atoms with Crippen LogP contribution in [0.2, 0.25) is 0 Å². The second-order valence-corrected chi connectivity index (χ2v) is 3.35. The van der Waals surface area contributed by atoms with E-state index in [0.717, 1.165) is 6.04 Å². The zero-order valence-corrected chi connectivity index (χ0v) is 7.36. The molecule has 1 atom stereocenters. The van der Waals surface area contributed by atoms with Crippen LogP contribution < -0.4 is 5.32 Å². The maximum absolute atomic E-state index is 3.28. The van der Waals surface area contributed by atoms with E-state index in [1.165, 1.54) is 24.3 Å². The molecular weight excluding hydrogens is 154 g/mol. The van der Waals surface area contributed by atoms with Gasteiger partial charge in [-0.2, -0.15) is 11.8 Å². The van der Waals surface area contributed by atoms with E-state index >= 15 is 0 Å². The Morgan fingerprint density at radius 3 is 2.67 bits per heavy atom. The highest BCUT2D eigenvalue weighted by atomic mass is 35.5. The Morgan fingerprint density at radius 2 is 2.33 bits per heavy atom. The van der Waals surface area contributed by atoms with Crippen molar-refractivity contribution in [3.63, 3.8) is 0 Å². The van der Waals surface area contributed by atoms with Gasteiger partial charge < -0.3 is 5.32 Å². The highest BCUT2D eigenvalue weighted by molar-refractivity contribution is 7.99. The molecule has 1 fully saturated rings. The number of thioether (sulfide) groups is 1. The average molecular weight is 168 g/mol. The molecule has 56 valence electrons. The molecule has 0 bridgehead atoms. The fourth-order valence-corrected chi connectivity index (χ4v) is 2.12. The Kier molecular flexibility index (Phi) is 5.75. The van der Waals surface area contributed by atoms with Crippen LogP contribution in [0.25, 0.3) is 0 Å². The summed E-state index contributed by atoms with van der Waals surface area (Å²) in [6, 6.07) is 0.800. The molecule has 1 saturated heterocycles. The molecule has 1 unspecified atom stereocenters. The summed E-state index contributed by atoms with van der Waals surface area (Å²) in [7, 11) is 2.05. The summed E-state index contributed by atoms with van der Waals surface area (Å²) >= 11 is 2.07. The monoisotopic (exact) mass is 167 g/mol. The number of halogens is 1. The molecule has 1 rings (SSSR count). The Labute approximate surface area is 67.4 Å². The quantitative estimate of drug-likeness (QED) is 0.636. The van der Waals surface area contributed by atoms with Crippen molar-refractivity contribution in [2.75, 3.05) is 18.6 Å². The molecule has 0 aromatic rings. The van der Waals surface area contributed by atoms with Crippen molar-refractivity contribution < 1.29 is 0 Å². The second kappa shape index (κ2) is 5.39. The molecule has 0 aromatic heterocycles. The lowest BCUT2D eigenvalue weighted by atomic mass is 10.2. The number of nitrogens with one attached hydrogen (secondary N) is 1. The molecule has 0 spiro atoms. The lowest BCUT2D eigenvalue weighted by Crippen LogP contribution is -2.30. The first-order valence-corrected chi connectivity index (χ1v) is 4.34. The summed E-state index contributed by atoms with van der Waals surface area (Å²) in [6.07, 6.45) is 2.78. The molecule has 0 aromatic carbocycles. The third kappa shape index (κ3) is 3.33. The van der Waals surface area contributed by atoms with Gasteiger partial charge in [0.25, 0.3) is 0 Å². The molecule has 1 nitrogen and oxygen atoms in total. The van der Waals surface area contributed by atoms with Crippen LogP contribution in [0.3, 0.4) is 0 Å². The van der Waals surface area contributed by atoms with Crippen LogP contribution in [0.5, 0.6) is 0 Å². The van der Waals surface area contributed by atoms with Gasteiger partial charge in [-0.05, 0) is 25.6 Å². The second-order valence-electron chi connectivity index (χ2n) is 2.20. The third-order valence-electron chi connectivity index (χ3n) is 1.57. The van der Waals surface area contributed by atoms with Crippen molar-refractivity contribution in [3.05, 3.63) is 0 Å². The number of rotatable bonds is 1. The van der Waals surface area contributed by atoms with Gasteiger partial charge in [0.05, 0.1) is 0 Å². The molecule has 0 amide bonds. The van der Waals surface area contributed by atoms with E-state index in [2.05, 4.69) is 24.1 Å². The third-order valence-corrected chi connectivity index (χ3v) is 2.78. The Morgan fingerprint density at radius 1 is 1.56 bits per heavy atom. The van der Waals surface area contributed by atoms with E-state index in [9.17, 15) is 0 Å². The molecule has 1 heterocycles. The summed E-state index contributed by atoms with van der Waals surface area (Å²) in [6.45, 7) is 0. The molecule has 0 aliphatic carbocycles. The van der Waals surface area contributed by atoms with E-state index in [-0.39, 0.29) is 12.4 Å². The van der Waals surface area contributed by atoms with Crippen LogP contribution in [0.15, 0.2) is 0 Å². The van der Waals surface area contributed by atoms with E-state index in [1.807, 2.05) is 0 Å². The van der Waals surface area contributed by atoms with Crippen molar-refractivity contribution in [2.45, 2.75) is 18.9 Å². The maximum Gasteiger partial charge on any atom is 0.0155 e. The fourth-order valence-electron chi connectivity index (χ4n) is 0.968. The smallest absolute Gasteiger partial charge is 0.0155 e. The number of hydrogen-bond donors (Lipinski definition) is 1. The largest absolute Gasteiger partial charge is 0.316 e. The molecule has 1 aliphatic rings. The lowest BCUT2D eigenvalue weighted by molar-refractivity contribution is 0.555. The SMILES string of the molecule is CNC1CCCSC1.Cl. The molecule has 1 N–H and O–H groups in total. The minimum Gasteiger partial charge on any atom is -0.316 e. The van der Waals surface area contributed by atoms with Gasteiger partial charge >= 0.3 is 0 Å². The normalized spacial score (nSPS) is 27.0. The van der Waals surface area contributed by atoms with Gasteiger partial charge in [0.2, 0.25) is 0 Å². The summed E-state index contributed by atoms with van der Waals surface area (Å²) < 4.78 is 0. The van der Waals surface area contributed by atoms with Gasteiger partial charge in [0, 0.05) is 11.8 Å². The van der Waals surface area contributed by atoms with Crippen LogP contribution in [-0.4, -0.2) is 24.6 Å². The molecule has 0 radical (unpaired) electrons. The minimum atomic E-state index is 0. The van der Waals surface area contributed by atoms with Crippen molar-refractivity contribution in [3.8, 4) is 0 Å². The van der Waals surface area contributed by atoms with Crippen LogP contribution >= 0.6 is 24.2 Å². The Hall–Kier alpha value is 0.600. The minimum absolute atomic E-state index is 0. The van der Waals surface area contributed by atoms with Gasteiger partial charge in [-0.15, -0.1) is 12.4 Å². The molecule has 9 heavy (non-hydrogen) atoms. The number of hydrogen-bond acceptors (Lipinski definition) is 2. The average Bonchev–Trinajstić information content (AvgIpc) is 1.90. The molecule has 3 heteroatoms. The van der Waals surface area contributed by atoms with Crippen LogP contribution in [-0.2, 0) is 0 Å². The first-order chi connectivity index (χ1) is 3.93. The first kappa shape index (κ1) is 9.60. The lowest BCUT2D eigenvalue weighted by Gasteiger charge is -2.19. The van der Waals surface area contributed by atoms with Crippen molar-refractivity contribution >= 4 is 24.2 Å². The van der Waals surface area contributed by atoms with Gasteiger partial charge in [0.1, 0.15) is 0 Å². The predicted molar refractivity (Wildman–Crippen MR) is 46.7 cm³/mol. The van der Waals surface area contributed by atoms with E-state index < -0.39 is 0 Å². The van der Waals surface area contributed by atoms with Crippen LogP contribution in [0.1, 0.15) is 12.8 Å². The zero-order chi connectivity index (χ0) is 5.82. The van der Waals surface area contributed by atoms with Crippen molar-refractivity contribution in [1.82, 2.24) is 5.32 Å². The Balaban J connectivity index is 0.000000640. The fraction of sp³-hybridized carbons (Fsp3) is 1.00. The topological polar surface area (TPSA) is 12.0 Å². The molecule has 1 aliphatic heterocycles. The molecular formula is C6H14ClNS. The predicted octanol–water partition coefficient (Wildman–Crippen LogP) is 1.52. The highest BCUT2D eigenvalue weighted by Crippen LogP contribution is 2.15. The van der Waals surface area contributed by atoms with E-state index in [0.29, 0.717) is 0 Å². The van der Waals surface area contributed by atoms with Crippen molar-refractivity contribution in [1.29, 1.82) is 0 Å². The van der Waals surface area contributed by atoms with E-state index in [1.54, 1.807) is 0 Å². The maximum atomic E-state index is 3.28. The zero-order valence-electron chi connectivity index (χ0n) is 5.72. The van der Waals surface area contributed by atoms with Gasteiger partial charge in [-0.25, -0.2) is 0 Å². The summed E-state index contributed by atoms with van der Waals surface area (Å²) in [5.41, 5.74) is 0. The van der Waals surface area contributed by atoms with Gasteiger partial charge in [-0.3, -0.25) is 0 Å². The highest BCUT2D eigenvalue weighted by Gasteiger charge is 2.09. The Bertz CT molecular complexity index is 64.1. The van der Waals surface area contributed by atoms with Crippen molar-refractivity contribution in [2.24, 2.45) is 0 Å². The van der Waals surface area contributed by atoms with Gasteiger partial charge in [-0.1, -0.05) is 0 Å². The first-order valence-electron chi connectivity index (χ1n) is 3.18. The van der Waals surface area contributed by atoms with E-state index in [4.69, 9.17) is 0 Å². The molecule has 0 saturated carbocycles. The summed E-state index contributed by atoms with van der Waals surface area (Å²) in [4.78, 5) is 0. The standard InChI is InChI=1S/C6H13NS.ClH/c1-7-6-3-2-4-8-5-6;/h6-7H,2-5H2,1H3;1H. The summed E-state index contributed by atoms with van der Waals surface area (Å²) in [5, 5.41) is 3.28. The van der Waals surface area contributed by atoms with Gasteiger partial charge in [0.15, 0.2) is 0 Å². The van der Waals surface area contributed by atoms with Crippen LogP contribution in [0, 0.1) is 0 Å². The van der Waals surface area contributed by atoms with Crippen LogP contribution in [0.4, 0.5) is 0 Å².